The number of pyridine rings is 1. The molecule has 0 amide bonds. The molecule has 1 aliphatic rings. The third kappa shape index (κ3) is 4.16. The Balaban J connectivity index is 1.66. The molecule has 5 heteroatoms. The van der Waals surface area contributed by atoms with E-state index in [4.69, 9.17) is 9.84 Å². The molecule has 0 spiro atoms. The normalized spacial score (nSPS) is 15.1. The third-order valence-electron chi connectivity index (χ3n) is 4.41. The first-order valence-electron chi connectivity index (χ1n) is 8.00. The molecule has 126 valence electrons. The lowest BCUT2D eigenvalue weighted by Gasteiger charge is -2.13. The second-order valence-corrected chi connectivity index (χ2v) is 7.32. The van der Waals surface area contributed by atoms with E-state index in [0.29, 0.717) is 6.42 Å². The molecular weight excluding hydrogens is 322 g/mol. The number of benzene rings is 1. The minimum atomic E-state index is -0.118. The van der Waals surface area contributed by atoms with Crippen LogP contribution in [0.15, 0.2) is 47.5 Å². The summed E-state index contributed by atoms with van der Waals surface area (Å²) in [4.78, 5) is 17.1. The standard InChI is InChI=1S/C19H21NO3S/c1-23-18(22)11-19(7-8-19)13-24-16-6-9-20-17(10-16)15-4-2-14(12-21)3-5-15/h2-6,9-10,21H,7-8,11-13H2,1H3. The average molecular weight is 343 g/mol. The SMILES string of the molecule is COC(=O)CC1(CSc2ccnc(-c3ccc(CO)cc3)c2)CC1. The molecule has 1 N–H and O–H groups in total. The van der Waals surface area contributed by atoms with Gasteiger partial charge >= 0.3 is 5.97 Å². The summed E-state index contributed by atoms with van der Waals surface area (Å²) in [5.74, 6) is 0.808. The number of thioether (sulfide) groups is 1. The summed E-state index contributed by atoms with van der Waals surface area (Å²) in [6, 6.07) is 11.8. The van der Waals surface area contributed by atoms with Gasteiger partial charge in [0.05, 0.1) is 25.8 Å². The molecule has 0 aliphatic heterocycles. The van der Waals surface area contributed by atoms with Gasteiger partial charge in [-0.1, -0.05) is 24.3 Å². The van der Waals surface area contributed by atoms with E-state index in [1.165, 1.54) is 7.11 Å². The van der Waals surface area contributed by atoms with Crippen LogP contribution in [0.2, 0.25) is 0 Å². The van der Waals surface area contributed by atoms with Gasteiger partial charge in [0, 0.05) is 22.4 Å². The molecule has 1 fully saturated rings. The van der Waals surface area contributed by atoms with Crippen molar-refractivity contribution in [1.82, 2.24) is 4.98 Å². The number of esters is 1. The largest absolute Gasteiger partial charge is 0.469 e. The van der Waals surface area contributed by atoms with Gasteiger partial charge in [-0.25, -0.2) is 0 Å². The summed E-state index contributed by atoms with van der Waals surface area (Å²) in [7, 11) is 1.45. The molecule has 0 unspecified atom stereocenters. The van der Waals surface area contributed by atoms with Crippen LogP contribution in [0.4, 0.5) is 0 Å². The van der Waals surface area contributed by atoms with Crippen LogP contribution >= 0.6 is 11.8 Å². The minimum absolute atomic E-state index is 0.0475. The summed E-state index contributed by atoms with van der Waals surface area (Å²) in [6.45, 7) is 0.0475. The average Bonchev–Trinajstić information content (AvgIpc) is 3.40. The van der Waals surface area contributed by atoms with Crippen LogP contribution in [0.3, 0.4) is 0 Å². The predicted octanol–water partition coefficient (Wildman–Crippen LogP) is 3.68. The molecule has 2 aromatic rings. The number of aromatic nitrogens is 1. The van der Waals surface area contributed by atoms with Crippen LogP contribution in [0.25, 0.3) is 11.3 Å². The van der Waals surface area contributed by atoms with E-state index in [0.717, 1.165) is 40.3 Å². The van der Waals surface area contributed by atoms with Crippen LogP contribution in [0.1, 0.15) is 24.8 Å². The number of carbonyl (C=O) groups is 1. The number of ether oxygens (including phenoxy) is 1. The number of methoxy groups -OCH3 is 1. The molecule has 4 nitrogen and oxygen atoms in total. The summed E-state index contributed by atoms with van der Waals surface area (Å²) in [5, 5.41) is 9.12. The van der Waals surface area contributed by atoms with E-state index in [2.05, 4.69) is 11.1 Å². The highest BCUT2D eigenvalue weighted by molar-refractivity contribution is 7.99. The van der Waals surface area contributed by atoms with Crippen LogP contribution in [0.5, 0.6) is 0 Å². The summed E-state index contributed by atoms with van der Waals surface area (Å²) in [6.07, 6.45) is 4.51. The fraction of sp³-hybridized carbons (Fsp3) is 0.368. The highest BCUT2D eigenvalue weighted by atomic mass is 32.2. The number of aliphatic hydroxyl groups excluding tert-OH is 1. The van der Waals surface area contributed by atoms with Crippen molar-refractivity contribution in [3.63, 3.8) is 0 Å². The maximum Gasteiger partial charge on any atom is 0.306 e. The zero-order valence-corrected chi connectivity index (χ0v) is 14.5. The molecule has 0 atom stereocenters. The Bertz CT molecular complexity index is 711. The highest BCUT2D eigenvalue weighted by Gasteiger charge is 2.44. The fourth-order valence-corrected chi connectivity index (χ4v) is 3.82. The molecule has 0 saturated heterocycles. The third-order valence-corrected chi connectivity index (χ3v) is 5.76. The van der Waals surface area contributed by atoms with Crippen molar-refractivity contribution >= 4 is 17.7 Å². The van der Waals surface area contributed by atoms with Crippen molar-refractivity contribution in [3.05, 3.63) is 48.2 Å². The van der Waals surface area contributed by atoms with Crippen molar-refractivity contribution in [3.8, 4) is 11.3 Å². The van der Waals surface area contributed by atoms with Crippen molar-refractivity contribution in [2.24, 2.45) is 5.41 Å². The zero-order chi connectivity index (χ0) is 17.0. The van der Waals surface area contributed by atoms with Crippen LogP contribution in [-0.2, 0) is 16.1 Å². The Labute approximate surface area is 146 Å². The molecule has 24 heavy (non-hydrogen) atoms. The van der Waals surface area contributed by atoms with Gasteiger partial charge in [0.25, 0.3) is 0 Å². The Morgan fingerprint density at radius 1 is 1.29 bits per heavy atom. The molecule has 1 aliphatic carbocycles. The molecule has 1 saturated carbocycles. The van der Waals surface area contributed by atoms with E-state index in [9.17, 15) is 4.79 Å². The van der Waals surface area contributed by atoms with E-state index in [-0.39, 0.29) is 18.0 Å². The van der Waals surface area contributed by atoms with Crippen molar-refractivity contribution in [2.75, 3.05) is 12.9 Å². The van der Waals surface area contributed by atoms with E-state index < -0.39 is 0 Å². The number of carbonyl (C=O) groups excluding carboxylic acids is 1. The maximum absolute atomic E-state index is 11.5. The number of rotatable bonds is 7. The maximum atomic E-state index is 11.5. The zero-order valence-electron chi connectivity index (χ0n) is 13.7. The van der Waals surface area contributed by atoms with Crippen LogP contribution in [0, 0.1) is 5.41 Å². The highest BCUT2D eigenvalue weighted by Crippen LogP contribution is 2.52. The van der Waals surface area contributed by atoms with Crippen LogP contribution in [-0.4, -0.2) is 28.9 Å². The van der Waals surface area contributed by atoms with E-state index >= 15 is 0 Å². The smallest absolute Gasteiger partial charge is 0.306 e. The predicted molar refractivity (Wildman–Crippen MR) is 94.6 cm³/mol. The Hall–Kier alpha value is -1.85. The van der Waals surface area contributed by atoms with Crippen molar-refractivity contribution in [2.45, 2.75) is 30.8 Å². The second-order valence-electron chi connectivity index (χ2n) is 6.27. The molecule has 1 heterocycles. The molecule has 0 bridgehead atoms. The van der Waals surface area contributed by atoms with Gasteiger partial charge in [-0.2, -0.15) is 0 Å². The number of nitrogens with zero attached hydrogens (tertiary/aromatic N) is 1. The molecule has 1 aromatic heterocycles. The Kier molecular flexibility index (Phi) is 5.21. The topological polar surface area (TPSA) is 59.4 Å². The number of hydrogen-bond donors (Lipinski definition) is 1. The summed E-state index contributed by atoms with van der Waals surface area (Å²) >= 11 is 1.77. The monoisotopic (exact) mass is 343 g/mol. The first kappa shape index (κ1) is 17.0. The molecular formula is C19H21NO3S. The van der Waals surface area contributed by atoms with Gasteiger partial charge in [0.2, 0.25) is 0 Å². The fourth-order valence-electron chi connectivity index (χ4n) is 2.60. The van der Waals surface area contributed by atoms with Gasteiger partial charge in [-0.05, 0) is 36.0 Å². The number of hydrogen-bond acceptors (Lipinski definition) is 5. The first-order chi connectivity index (χ1) is 11.6. The molecule has 3 rings (SSSR count). The quantitative estimate of drug-likeness (QED) is 0.614. The Morgan fingerprint density at radius 3 is 2.67 bits per heavy atom. The lowest BCUT2D eigenvalue weighted by molar-refractivity contribution is -0.141. The summed E-state index contributed by atoms with van der Waals surface area (Å²) < 4.78 is 4.80. The van der Waals surface area contributed by atoms with Gasteiger partial charge in [0.15, 0.2) is 0 Å². The Morgan fingerprint density at radius 2 is 2.04 bits per heavy atom. The van der Waals surface area contributed by atoms with Crippen LogP contribution < -0.4 is 0 Å². The lowest BCUT2D eigenvalue weighted by Crippen LogP contribution is -2.12. The summed E-state index contributed by atoms with van der Waals surface area (Å²) in [5.41, 5.74) is 2.96. The van der Waals surface area contributed by atoms with E-state index in [1.54, 1.807) is 11.8 Å². The van der Waals surface area contributed by atoms with Crippen molar-refractivity contribution in [1.29, 1.82) is 0 Å². The van der Waals surface area contributed by atoms with Gasteiger partial charge in [0.1, 0.15) is 0 Å². The first-order valence-corrected chi connectivity index (χ1v) is 8.98. The second kappa shape index (κ2) is 7.36. The van der Waals surface area contributed by atoms with Gasteiger partial charge < -0.3 is 9.84 Å². The number of aliphatic hydroxyl groups is 1. The minimum Gasteiger partial charge on any atom is -0.469 e. The lowest BCUT2D eigenvalue weighted by atomic mass is 10.1. The van der Waals surface area contributed by atoms with E-state index in [1.807, 2.05) is 36.5 Å². The molecule has 1 aromatic carbocycles. The van der Waals surface area contributed by atoms with Gasteiger partial charge in [-0.3, -0.25) is 9.78 Å². The molecule has 0 radical (unpaired) electrons. The van der Waals surface area contributed by atoms with Gasteiger partial charge in [-0.15, -0.1) is 11.8 Å². The van der Waals surface area contributed by atoms with Crippen molar-refractivity contribution < 1.29 is 14.6 Å².